The van der Waals surface area contributed by atoms with E-state index in [-0.39, 0.29) is 6.42 Å². The maximum Gasteiger partial charge on any atom is 0.249 e. The molecule has 11 nitrogen and oxygen atoms in total. The third-order valence-corrected chi connectivity index (χ3v) is 13.3. The summed E-state index contributed by atoms with van der Waals surface area (Å²) in [5, 5.41) is 75.9. The Morgan fingerprint density at radius 1 is 0.531 bits per heavy atom. The summed E-state index contributed by atoms with van der Waals surface area (Å²) in [6.45, 7) is 3.44. The zero-order valence-electron chi connectivity index (χ0n) is 41.3. The molecule has 0 spiro atoms. The molecule has 0 aliphatic carbocycles. The Labute approximate surface area is 392 Å². The predicted octanol–water partition coefficient (Wildman–Crippen LogP) is 10.4. The van der Waals surface area contributed by atoms with Gasteiger partial charge in [-0.3, -0.25) is 4.79 Å². The second kappa shape index (κ2) is 43.2. The van der Waals surface area contributed by atoms with Gasteiger partial charge in [0, 0.05) is 0 Å². The average molecular weight is 914 g/mol. The first-order valence-electron chi connectivity index (χ1n) is 27.1. The molecular weight excluding hydrogens is 811 g/mol. The van der Waals surface area contributed by atoms with E-state index in [1.807, 2.05) is 0 Å². The minimum Gasteiger partial charge on any atom is -0.394 e. The normalized spacial score (nSPS) is 21.0. The van der Waals surface area contributed by atoms with Gasteiger partial charge < -0.3 is 50.5 Å². The van der Waals surface area contributed by atoms with Crippen LogP contribution in [-0.2, 0) is 14.3 Å². The fraction of sp³-hybridized carbons (Fsp3) is 0.943. The summed E-state index contributed by atoms with van der Waals surface area (Å²) in [6.07, 6.45) is 37.1. The van der Waals surface area contributed by atoms with Crippen LogP contribution in [0, 0.1) is 0 Å². The topological polar surface area (TPSA) is 189 Å². The van der Waals surface area contributed by atoms with Gasteiger partial charge in [-0.05, 0) is 38.5 Å². The molecule has 9 atom stereocenters. The maximum absolute atomic E-state index is 13.1. The van der Waals surface area contributed by atoms with E-state index < -0.39 is 74.2 Å². The van der Waals surface area contributed by atoms with Crippen LogP contribution >= 0.6 is 0 Å². The Kier molecular flexibility index (Phi) is 41.0. The summed E-state index contributed by atoms with van der Waals surface area (Å²) in [5.74, 6) is -0.711. The van der Waals surface area contributed by atoms with E-state index in [1.165, 1.54) is 173 Å². The van der Waals surface area contributed by atoms with Gasteiger partial charge >= 0.3 is 0 Å². The number of ether oxygens (including phenoxy) is 2. The van der Waals surface area contributed by atoms with Crippen molar-refractivity contribution in [3.05, 3.63) is 12.2 Å². The molecule has 0 saturated carbocycles. The molecule has 8 N–H and O–H groups in total. The zero-order valence-corrected chi connectivity index (χ0v) is 41.3. The van der Waals surface area contributed by atoms with Gasteiger partial charge in [0.15, 0.2) is 6.29 Å². The first-order chi connectivity index (χ1) is 31.2. The number of hydrogen-bond acceptors (Lipinski definition) is 10. The smallest absolute Gasteiger partial charge is 0.249 e. The van der Waals surface area contributed by atoms with Crippen molar-refractivity contribution in [2.24, 2.45) is 0 Å². The van der Waals surface area contributed by atoms with Crippen molar-refractivity contribution in [3.8, 4) is 0 Å². The lowest BCUT2D eigenvalue weighted by Gasteiger charge is -2.40. The van der Waals surface area contributed by atoms with Gasteiger partial charge in [-0.1, -0.05) is 225 Å². The van der Waals surface area contributed by atoms with Crippen molar-refractivity contribution < 1.29 is 50.0 Å². The summed E-state index contributed by atoms with van der Waals surface area (Å²) < 4.78 is 11.1. The van der Waals surface area contributed by atoms with Gasteiger partial charge in [0.1, 0.15) is 36.6 Å². The lowest BCUT2D eigenvalue weighted by atomic mass is 9.98. The molecule has 1 saturated heterocycles. The van der Waals surface area contributed by atoms with Gasteiger partial charge in [0.25, 0.3) is 0 Å². The van der Waals surface area contributed by atoms with Crippen LogP contribution in [0.5, 0.6) is 0 Å². The van der Waals surface area contributed by atoms with E-state index >= 15 is 0 Å². The lowest BCUT2D eigenvalue weighted by molar-refractivity contribution is -0.303. The van der Waals surface area contributed by atoms with E-state index in [0.29, 0.717) is 19.3 Å². The highest BCUT2D eigenvalue weighted by Crippen LogP contribution is 2.23. The third kappa shape index (κ3) is 31.8. The first kappa shape index (κ1) is 60.9. The van der Waals surface area contributed by atoms with Crippen LogP contribution in [0.3, 0.4) is 0 Å². The van der Waals surface area contributed by atoms with Crippen molar-refractivity contribution in [1.82, 2.24) is 5.32 Å². The quantitative estimate of drug-likeness (QED) is 0.0216. The van der Waals surface area contributed by atoms with Crippen LogP contribution in [0.2, 0.25) is 0 Å². The molecule has 9 unspecified atom stereocenters. The van der Waals surface area contributed by atoms with Crippen LogP contribution in [-0.4, -0.2) is 110 Å². The van der Waals surface area contributed by atoms with Crippen LogP contribution in [0.4, 0.5) is 0 Å². The Balaban J connectivity index is 2.30. The van der Waals surface area contributed by atoms with Crippen molar-refractivity contribution >= 4 is 5.91 Å². The molecule has 0 radical (unpaired) electrons. The number of allylic oxidation sites excluding steroid dienone is 2. The predicted molar refractivity (Wildman–Crippen MR) is 261 cm³/mol. The Morgan fingerprint density at radius 2 is 0.906 bits per heavy atom. The molecule has 1 heterocycles. The highest BCUT2D eigenvalue weighted by Gasteiger charge is 2.44. The Hall–Kier alpha value is -1.15. The van der Waals surface area contributed by atoms with Crippen molar-refractivity contribution in [1.29, 1.82) is 0 Å². The van der Waals surface area contributed by atoms with E-state index in [2.05, 4.69) is 31.3 Å². The summed E-state index contributed by atoms with van der Waals surface area (Å²) in [7, 11) is 0. The van der Waals surface area contributed by atoms with E-state index in [4.69, 9.17) is 9.47 Å². The maximum atomic E-state index is 13.1. The lowest BCUT2D eigenvalue weighted by Crippen LogP contribution is -2.60. The number of aliphatic hydroxyl groups is 7. The summed E-state index contributed by atoms with van der Waals surface area (Å²) in [4.78, 5) is 13.1. The fourth-order valence-corrected chi connectivity index (χ4v) is 8.85. The number of nitrogens with one attached hydrogen (secondary N) is 1. The molecule has 1 amide bonds. The molecule has 1 aliphatic heterocycles. The van der Waals surface area contributed by atoms with Gasteiger partial charge in [0.05, 0.1) is 25.4 Å². The molecule has 0 aromatic carbocycles. The van der Waals surface area contributed by atoms with Gasteiger partial charge in [0.2, 0.25) is 5.91 Å². The number of hydrogen-bond donors (Lipinski definition) is 8. The monoisotopic (exact) mass is 914 g/mol. The van der Waals surface area contributed by atoms with Crippen LogP contribution in [0.25, 0.3) is 0 Å². The second-order valence-corrected chi connectivity index (χ2v) is 19.3. The Bertz CT molecular complexity index is 1050. The summed E-state index contributed by atoms with van der Waals surface area (Å²) >= 11 is 0. The van der Waals surface area contributed by atoms with Crippen LogP contribution < -0.4 is 5.32 Å². The van der Waals surface area contributed by atoms with Gasteiger partial charge in [-0.25, -0.2) is 0 Å². The van der Waals surface area contributed by atoms with Gasteiger partial charge in [-0.15, -0.1) is 0 Å². The summed E-state index contributed by atoms with van der Waals surface area (Å²) in [6, 6.07) is -1.17. The molecule has 0 aromatic rings. The molecule has 1 aliphatic rings. The molecule has 0 bridgehead atoms. The number of amides is 1. The van der Waals surface area contributed by atoms with Crippen molar-refractivity contribution in [3.63, 3.8) is 0 Å². The van der Waals surface area contributed by atoms with Crippen LogP contribution in [0.1, 0.15) is 251 Å². The zero-order chi connectivity index (χ0) is 46.9. The van der Waals surface area contributed by atoms with Crippen molar-refractivity contribution in [2.75, 3.05) is 13.2 Å². The molecule has 11 heteroatoms. The SMILES string of the molecule is CCCCCCCC/C=C\CCCCC(O)C(=O)NC(COC1OC(CO)C(O)C(O)C1O)C(O)C(O)CCCCCCCCCCCCCCCCCCCCCCCCCCC. The standard InChI is InChI=1S/C53H103NO10/c1-3-5-7-9-11-13-15-17-18-19-20-21-22-23-24-25-26-27-28-29-31-32-34-36-38-40-45(56)48(58)44(43-63-53-51(61)50(60)49(59)47(42-55)64-53)54-52(62)46(57)41-39-37-35-33-30-16-14-12-10-8-6-4-2/h30,33,44-51,53,55-61H,3-29,31-32,34-43H2,1-2H3,(H,54,62)/b33-30-. The number of carbonyl (C=O) groups excluding carboxylic acids is 1. The largest absolute Gasteiger partial charge is 0.394 e. The molecule has 1 fully saturated rings. The van der Waals surface area contributed by atoms with E-state index in [1.54, 1.807) is 0 Å². The van der Waals surface area contributed by atoms with Gasteiger partial charge in [-0.2, -0.15) is 0 Å². The molecule has 64 heavy (non-hydrogen) atoms. The highest BCUT2D eigenvalue weighted by molar-refractivity contribution is 5.80. The molecule has 0 aromatic heterocycles. The molecule has 380 valence electrons. The minimum atomic E-state index is -1.66. The van der Waals surface area contributed by atoms with E-state index in [0.717, 1.165) is 38.5 Å². The first-order valence-corrected chi connectivity index (χ1v) is 27.1. The number of carbonyl (C=O) groups is 1. The fourth-order valence-electron chi connectivity index (χ4n) is 8.85. The highest BCUT2D eigenvalue weighted by atomic mass is 16.7. The number of unbranched alkanes of at least 4 members (excludes halogenated alkanes) is 32. The Morgan fingerprint density at radius 3 is 1.33 bits per heavy atom. The molecule has 1 rings (SSSR count). The second-order valence-electron chi connectivity index (χ2n) is 19.3. The van der Waals surface area contributed by atoms with Crippen LogP contribution in [0.15, 0.2) is 12.2 Å². The third-order valence-electron chi connectivity index (χ3n) is 13.3. The van der Waals surface area contributed by atoms with Crippen molar-refractivity contribution in [2.45, 2.75) is 306 Å². The number of rotatable bonds is 46. The average Bonchev–Trinajstić information content (AvgIpc) is 3.29. The minimum absolute atomic E-state index is 0.232. The molecular formula is C53H103NO10. The summed E-state index contributed by atoms with van der Waals surface area (Å²) in [5.41, 5.74) is 0. The van der Waals surface area contributed by atoms with E-state index in [9.17, 15) is 40.5 Å². The number of aliphatic hydroxyl groups excluding tert-OH is 7.